The first kappa shape index (κ1) is 42.7. The van der Waals surface area contributed by atoms with Crippen LogP contribution in [0.25, 0.3) is 44.7 Å². The number of nitrogens with one attached hydrogen (secondary N) is 4. The molecular weight excluding hydrogens is 791 g/mol. The Hall–Kier alpha value is -6.00. The molecule has 0 bridgehead atoms. The third-order valence-electron chi connectivity index (χ3n) is 12.7. The summed E-state index contributed by atoms with van der Waals surface area (Å²) in [5.74, 6) is 0.263. The van der Waals surface area contributed by atoms with E-state index in [0.29, 0.717) is 32.1 Å². The van der Waals surface area contributed by atoms with Crippen molar-refractivity contribution >= 4 is 34.7 Å². The maximum atomic E-state index is 13.7. The number of aliphatic hydroxyl groups excluding tert-OH is 1. The lowest BCUT2D eigenvalue weighted by molar-refractivity contribution is -0.139. The van der Waals surface area contributed by atoms with Gasteiger partial charge in [-0.05, 0) is 72.4 Å². The first-order valence-electron chi connectivity index (χ1n) is 21.7. The van der Waals surface area contributed by atoms with Gasteiger partial charge < -0.3 is 49.5 Å². The topological polar surface area (TPSA) is 200 Å². The van der Waals surface area contributed by atoms with Gasteiger partial charge in [-0.25, -0.2) is 14.8 Å². The molecule has 16 nitrogen and oxygen atoms in total. The summed E-state index contributed by atoms with van der Waals surface area (Å²) in [5, 5.41) is 15.9. The van der Waals surface area contributed by atoms with E-state index < -0.39 is 30.7 Å². The Bertz CT molecular complexity index is 2480. The zero-order valence-electron chi connectivity index (χ0n) is 36.3. The van der Waals surface area contributed by atoms with E-state index in [2.05, 4.69) is 61.6 Å². The monoisotopic (exact) mass is 847 g/mol. The summed E-state index contributed by atoms with van der Waals surface area (Å²) in [6, 6.07) is 11.1. The number of hydrogen-bond acceptors (Lipinski definition) is 9. The van der Waals surface area contributed by atoms with Gasteiger partial charge in [0, 0.05) is 55.2 Å². The number of ether oxygens (including phenoxy) is 2. The van der Waals surface area contributed by atoms with Gasteiger partial charge in [0.05, 0.1) is 55.3 Å². The van der Waals surface area contributed by atoms with Gasteiger partial charge in [0.25, 0.3) is 0 Å². The van der Waals surface area contributed by atoms with Gasteiger partial charge in [0.15, 0.2) is 0 Å². The van der Waals surface area contributed by atoms with Crippen LogP contribution in [0, 0.1) is 11.8 Å². The number of nitrogens with zero attached hydrogens (tertiary/aromatic N) is 5. The average Bonchev–Trinajstić information content (AvgIpc) is 4.13. The highest BCUT2D eigenvalue weighted by Crippen LogP contribution is 2.45. The maximum absolute atomic E-state index is 13.7. The molecule has 2 fully saturated rings. The zero-order chi connectivity index (χ0) is 43.8. The van der Waals surface area contributed by atoms with Gasteiger partial charge in [-0.1, -0.05) is 45.9 Å². The SMILES string of the molecule is COCCn1c2c(c3cc(-c4cnc([C@@H]5CCCN5C(=O)[C@@H](NC(=O)CO)C(C)C)[nH]4)ccc31)Cc1cc(-c3cnc([C@@H]4CCCN4C(=O)[C@@H](NC(=O)OC)C(C)C)[nH]3)ccc1-2. The number of carbonyl (C=O) groups is 4. The number of H-pyrrole nitrogens is 2. The van der Waals surface area contributed by atoms with Gasteiger partial charge in [-0.2, -0.15) is 0 Å². The van der Waals surface area contributed by atoms with E-state index in [-0.39, 0.29) is 35.7 Å². The molecule has 328 valence electrons. The highest BCUT2D eigenvalue weighted by Gasteiger charge is 2.39. The highest BCUT2D eigenvalue weighted by atomic mass is 16.5. The standard InChI is InChI=1S/C46H57N9O7/c1-25(2)39(51-38(57)24-56)44(58)54-15-7-9-36(54)43-48-23-34(50-43)28-12-14-35-31(20-28)32-21-29-19-27(11-13-30(29)41(32)53(35)17-18-61-5)33-22-47-42(49-33)37-10-8-16-55(37)45(59)40(26(3)4)52-46(60)62-6/h11-14,19-20,22-23,25-26,36-37,39-40,56H,7-10,15-18,21,24H2,1-6H3,(H,47,49)(H,48,50)(H,51,57)(H,52,60)/t36-,37-,39-,40-/m0/s1. The Morgan fingerprint density at radius 2 is 1.40 bits per heavy atom. The number of carbonyl (C=O) groups excluding carboxylic acids is 4. The molecule has 0 spiro atoms. The predicted molar refractivity (Wildman–Crippen MR) is 233 cm³/mol. The van der Waals surface area contributed by atoms with E-state index in [1.54, 1.807) is 12.0 Å². The minimum Gasteiger partial charge on any atom is -0.453 e. The lowest BCUT2D eigenvalue weighted by atomic mass is 10.0. The van der Waals surface area contributed by atoms with E-state index in [4.69, 9.17) is 19.4 Å². The first-order valence-corrected chi connectivity index (χ1v) is 21.7. The summed E-state index contributed by atoms with van der Waals surface area (Å²) < 4.78 is 12.7. The third-order valence-corrected chi connectivity index (χ3v) is 12.7. The maximum Gasteiger partial charge on any atom is 0.407 e. The summed E-state index contributed by atoms with van der Waals surface area (Å²) >= 11 is 0. The smallest absolute Gasteiger partial charge is 0.407 e. The summed E-state index contributed by atoms with van der Waals surface area (Å²) in [6.07, 6.45) is 6.95. The number of alkyl carbamates (subject to hydrolysis) is 1. The first-order chi connectivity index (χ1) is 29.9. The number of rotatable bonds is 14. The normalized spacial score (nSPS) is 18.1. The molecule has 4 atom stereocenters. The molecular formula is C46H57N9O7. The van der Waals surface area contributed by atoms with Crippen LogP contribution in [0.2, 0.25) is 0 Å². The fourth-order valence-corrected chi connectivity index (χ4v) is 9.55. The Labute approximate surface area is 360 Å². The van der Waals surface area contributed by atoms with Crippen molar-refractivity contribution in [3.8, 4) is 33.8 Å². The lowest BCUT2D eigenvalue weighted by Crippen LogP contribution is -2.51. The molecule has 1 aliphatic carbocycles. The van der Waals surface area contributed by atoms with Crippen LogP contribution in [0.1, 0.15) is 88.2 Å². The molecule has 3 aliphatic rings. The van der Waals surface area contributed by atoms with E-state index in [1.165, 1.54) is 29.5 Å². The number of hydrogen-bond donors (Lipinski definition) is 5. The van der Waals surface area contributed by atoms with E-state index >= 15 is 0 Å². The fourth-order valence-electron chi connectivity index (χ4n) is 9.55. The van der Waals surface area contributed by atoms with Crippen molar-refractivity contribution in [3.05, 3.63) is 71.6 Å². The summed E-state index contributed by atoms with van der Waals surface area (Å²) in [7, 11) is 3.01. The largest absolute Gasteiger partial charge is 0.453 e. The minimum atomic E-state index is -0.740. The van der Waals surface area contributed by atoms with Crippen molar-refractivity contribution in [2.75, 3.05) is 40.5 Å². The number of fused-ring (bicyclic) bond motifs is 5. The minimum absolute atomic E-state index is 0.120. The Kier molecular flexibility index (Phi) is 12.2. The van der Waals surface area contributed by atoms with Gasteiger partial charge in [0.1, 0.15) is 30.3 Å². The Morgan fingerprint density at radius 1 is 0.823 bits per heavy atom. The molecule has 0 radical (unpaired) electrons. The molecule has 2 aliphatic heterocycles. The van der Waals surface area contributed by atoms with E-state index in [0.717, 1.165) is 71.3 Å². The molecule has 4 amide bonds. The molecule has 5 aromatic rings. The molecule has 5 N–H and O–H groups in total. The molecule has 0 saturated carbocycles. The van der Waals surface area contributed by atoms with E-state index in [9.17, 15) is 24.3 Å². The summed E-state index contributed by atoms with van der Waals surface area (Å²) in [4.78, 5) is 71.8. The second kappa shape index (κ2) is 17.8. The van der Waals surface area contributed by atoms with Gasteiger partial charge in [0.2, 0.25) is 17.7 Å². The molecule has 2 saturated heterocycles. The molecule has 2 aromatic carbocycles. The van der Waals surface area contributed by atoms with E-state index in [1.807, 2.05) is 45.0 Å². The number of aromatic nitrogens is 5. The zero-order valence-corrected chi connectivity index (χ0v) is 36.3. The average molecular weight is 848 g/mol. The van der Waals surface area contributed by atoms with Crippen molar-refractivity contribution in [1.82, 2.24) is 44.9 Å². The molecule has 5 heterocycles. The van der Waals surface area contributed by atoms with Crippen LogP contribution in [-0.2, 0) is 36.8 Å². The number of methoxy groups -OCH3 is 2. The number of aromatic amines is 2. The van der Waals surface area contributed by atoms with Crippen LogP contribution >= 0.6 is 0 Å². The Balaban J connectivity index is 1.05. The van der Waals surface area contributed by atoms with Crippen LogP contribution in [0.5, 0.6) is 0 Å². The van der Waals surface area contributed by atoms with Crippen molar-refractivity contribution in [3.63, 3.8) is 0 Å². The number of aliphatic hydroxyl groups is 1. The van der Waals surface area contributed by atoms with Gasteiger partial charge in [-0.3, -0.25) is 14.4 Å². The molecule has 62 heavy (non-hydrogen) atoms. The van der Waals surface area contributed by atoms with Gasteiger partial charge >= 0.3 is 6.09 Å². The number of likely N-dealkylation sites (tertiary alicyclic amines) is 2. The van der Waals surface area contributed by atoms with Crippen molar-refractivity contribution in [2.45, 2.75) is 90.5 Å². The molecule has 16 heteroatoms. The van der Waals surface area contributed by atoms with Crippen LogP contribution in [0.3, 0.4) is 0 Å². The Morgan fingerprint density at radius 3 is 1.97 bits per heavy atom. The van der Waals surface area contributed by atoms with Crippen LogP contribution < -0.4 is 10.6 Å². The molecule has 0 unspecified atom stereocenters. The van der Waals surface area contributed by atoms with Crippen LogP contribution in [0.15, 0.2) is 48.8 Å². The second-order valence-corrected chi connectivity index (χ2v) is 17.3. The lowest BCUT2D eigenvalue weighted by Gasteiger charge is -2.30. The molecule has 3 aromatic heterocycles. The van der Waals surface area contributed by atoms with Crippen molar-refractivity contribution in [2.24, 2.45) is 11.8 Å². The summed E-state index contributed by atoms with van der Waals surface area (Å²) in [5.41, 5.74) is 9.63. The molecule has 8 rings (SSSR count). The number of imidazole rings is 2. The van der Waals surface area contributed by atoms with Crippen molar-refractivity contribution in [1.29, 1.82) is 0 Å². The second-order valence-electron chi connectivity index (χ2n) is 17.3. The quantitative estimate of drug-likeness (QED) is 0.0942. The van der Waals surface area contributed by atoms with Crippen LogP contribution in [-0.4, -0.2) is 116 Å². The van der Waals surface area contributed by atoms with Gasteiger partial charge in [-0.15, -0.1) is 0 Å². The highest BCUT2D eigenvalue weighted by molar-refractivity contribution is 5.98. The number of amides is 4. The van der Waals surface area contributed by atoms with Crippen LogP contribution in [0.4, 0.5) is 4.79 Å². The predicted octanol–water partition coefficient (Wildman–Crippen LogP) is 5.48. The summed E-state index contributed by atoms with van der Waals surface area (Å²) in [6.45, 7) is 9.29. The third kappa shape index (κ3) is 7.97. The number of benzene rings is 2. The van der Waals surface area contributed by atoms with Crippen molar-refractivity contribution < 1.29 is 33.8 Å². The fraction of sp³-hybridized carbons (Fsp3) is 0.478.